The zero-order valence-corrected chi connectivity index (χ0v) is 13.4. The van der Waals surface area contributed by atoms with E-state index in [0.717, 1.165) is 42.1 Å². The van der Waals surface area contributed by atoms with E-state index in [4.69, 9.17) is 4.98 Å². The topological polar surface area (TPSA) is 69.7 Å². The number of hydrogen-bond donors (Lipinski definition) is 2. The number of H-pyrrole nitrogens is 1. The highest BCUT2D eigenvalue weighted by molar-refractivity contribution is 5.91. The monoisotopic (exact) mass is 308 g/mol. The van der Waals surface area contributed by atoms with Gasteiger partial charge in [-0.25, -0.2) is 0 Å². The first kappa shape index (κ1) is 14.0. The molecule has 0 bridgehead atoms. The van der Waals surface area contributed by atoms with Gasteiger partial charge in [0.15, 0.2) is 5.65 Å². The highest BCUT2D eigenvalue weighted by Crippen LogP contribution is 2.32. The van der Waals surface area contributed by atoms with E-state index in [1.165, 1.54) is 5.56 Å². The van der Waals surface area contributed by atoms with Crippen LogP contribution in [0.4, 0.5) is 11.8 Å². The molecule has 3 heterocycles. The van der Waals surface area contributed by atoms with Crippen molar-refractivity contribution in [2.45, 2.75) is 32.9 Å². The Labute approximate surface area is 135 Å². The van der Waals surface area contributed by atoms with Gasteiger partial charge in [0.2, 0.25) is 5.95 Å². The van der Waals surface area contributed by atoms with Crippen molar-refractivity contribution in [1.29, 1.82) is 0 Å². The molecule has 0 aliphatic carbocycles. The van der Waals surface area contributed by atoms with Crippen molar-refractivity contribution in [2.24, 2.45) is 0 Å². The van der Waals surface area contributed by atoms with Gasteiger partial charge in [0.1, 0.15) is 5.82 Å². The fourth-order valence-electron chi connectivity index (χ4n) is 3.01. The minimum Gasteiger partial charge on any atom is -0.352 e. The van der Waals surface area contributed by atoms with Crippen LogP contribution in [0.15, 0.2) is 30.3 Å². The van der Waals surface area contributed by atoms with Crippen molar-refractivity contribution in [3.05, 3.63) is 41.6 Å². The maximum Gasteiger partial charge on any atom is 0.227 e. The van der Waals surface area contributed by atoms with E-state index in [-0.39, 0.29) is 6.04 Å². The third kappa shape index (κ3) is 2.60. The molecule has 2 aromatic heterocycles. The molecule has 1 aromatic carbocycles. The number of anilines is 2. The predicted octanol–water partition coefficient (Wildman–Crippen LogP) is 2.74. The van der Waals surface area contributed by atoms with Crippen molar-refractivity contribution in [1.82, 2.24) is 20.2 Å². The first-order chi connectivity index (χ1) is 11.2. The van der Waals surface area contributed by atoms with Crippen molar-refractivity contribution < 1.29 is 0 Å². The average Bonchev–Trinajstić information content (AvgIpc) is 2.94. The summed E-state index contributed by atoms with van der Waals surface area (Å²) in [6.45, 7) is 5.93. The van der Waals surface area contributed by atoms with Gasteiger partial charge in [-0.15, -0.1) is 0 Å². The largest absolute Gasteiger partial charge is 0.352 e. The predicted molar refractivity (Wildman–Crippen MR) is 91.6 cm³/mol. The number of hydrogen-bond acceptors (Lipinski definition) is 5. The third-order valence-corrected chi connectivity index (χ3v) is 4.03. The Hall–Kier alpha value is -2.63. The van der Waals surface area contributed by atoms with Crippen molar-refractivity contribution in [2.75, 3.05) is 16.8 Å². The van der Waals surface area contributed by atoms with Gasteiger partial charge in [0, 0.05) is 25.6 Å². The summed E-state index contributed by atoms with van der Waals surface area (Å²) in [4.78, 5) is 11.6. The molecule has 0 saturated carbocycles. The Morgan fingerprint density at radius 2 is 2.04 bits per heavy atom. The van der Waals surface area contributed by atoms with Gasteiger partial charge in [-0.1, -0.05) is 30.3 Å². The fraction of sp³-hybridized carbons (Fsp3) is 0.353. The van der Waals surface area contributed by atoms with Crippen LogP contribution in [0.25, 0.3) is 11.0 Å². The Kier molecular flexibility index (Phi) is 3.37. The molecule has 0 fully saturated rings. The van der Waals surface area contributed by atoms with Gasteiger partial charge in [-0.05, 0) is 19.4 Å². The van der Waals surface area contributed by atoms with Gasteiger partial charge >= 0.3 is 0 Å². The highest BCUT2D eigenvalue weighted by atomic mass is 15.3. The van der Waals surface area contributed by atoms with Crippen LogP contribution in [0.3, 0.4) is 0 Å². The number of benzene rings is 1. The summed E-state index contributed by atoms with van der Waals surface area (Å²) in [6, 6.07) is 10.8. The first-order valence-corrected chi connectivity index (χ1v) is 8.01. The molecule has 0 radical (unpaired) electrons. The fourth-order valence-corrected chi connectivity index (χ4v) is 3.01. The molecule has 0 saturated heterocycles. The minimum absolute atomic E-state index is 0.282. The Balaban J connectivity index is 1.76. The van der Waals surface area contributed by atoms with Gasteiger partial charge in [-0.3, -0.25) is 5.10 Å². The van der Waals surface area contributed by atoms with Crippen LogP contribution in [0.5, 0.6) is 0 Å². The summed E-state index contributed by atoms with van der Waals surface area (Å²) >= 11 is 0. The van der Waals surface area contributed by atoms with Crippen LogP contribution < -0.4 is 10.2 Å². The lowest BCUT2D eigenvalue weighted by atomic mass is 10.1. The second-order valence-electron chi connectivity index (χ2n) is 6.23. The van der Waals surface area contributed by atoms with Crippen LogP contribution in [0.1, 0.15) is 25.1 Å². The summed E-state index contributed by atoms with van der Waals surface area (Å²) in [5, 5.41) is 11.8. The Morgan fingerprint density at radius 3 is 2.83 bits per heavy atom. The quantitative estimate of drug-likeness (QED) is 0.775. The zero-order valence-electron chi connectivity index (χ0n) is 13.4. The summed E-state index contributed by atoms with van der Waals surface area (Å²) in [5.74, 6) is 1.61. The minimum atomic E-state index is 0.282. The van der Waals surface area contributed by atoms with E-state index in [2.05, 4.69) is 63.5 Å². The first-order valence-electron chi connectivity index (χ1n) is 8.01. The molecule has 0 unspecified atom stereocenters. The molecule has 3 aromatic rings. The second-order valence-corrected chi connectivity index (χ2v) is 6.23. The molecule has 118 valence electrons. The highest BCUT2D eigenvalue weighted by Gasteiger charge is 2.24. The van der Waals surface area contributed by atoms with Crippen LogP contribution in [0, 0.1) is 0 Å². The SMILES string of the molecule is CC(C)Nc1nc2c3c([nH]nc3n1)CCN2Cc1ccccc1. The third-order valence-electron chi connectivity index (χ3n) is 4.03. The molecule has 0 spiro atoms. The second kappa shape index (κ2) is 5.53. The van der Waals surface area contributed by atoms with Gasteiger partial charge < -0.3 is 10.2 Å². The number of aromatic amines is 1. The summed E-state index contributed by atoms with van der Waals surface area (Å²) in [7, 11) is 0. The summed E-state index contributed by atoms with van der Waals surface area (Å²) in [5.41, 5.74) is 3.16. The lowest BCUT2D eigenvalue weighted by Gasteiger charge is -2.28. The maximum atomic E-state index is 4.77. The van der Waals surface area contributed by atoms with Gasteiger partial charge in [0.25, 0.3) is 0 Å². The average molecular weight is 308 g/mol. The van der Waals surface area contributed by atoms with E-state index in [1.54, 1.807) is 0 Å². The van der Waals surface area contributed by atoms with E-state index in [1.807, 2.05) is 6.07 Å². The van der Waals surface area contributed by atoms with E-state index in [0.29, 0.717) is 5.95 Å². The molecule has 6 nitrogen and oxygen atoms in total. The molecule has 6 heteroatoms. The molecule has 0 atom stereocenters. The van der Waals surface area contributed by atoms with Crippen molar-refractivity contribution >= 4 is 22.8 Å². The number of aromatic nitrogens is 4. The smallest absolute Gasteiger partial charge is 0.227 e. The molecular formula is C17H20N6. The van der Waals surface area contributed by atoms with Crippen LogP contribution in [0.2, 0.25) is 0 Å². The van der Waals surface area contributed by atoms with E-state index in [9.17, 15) is 0 Å². The lowest BCUT2D eigenvalue weighted by molar-refractivity contribution is 0.746. The maximum absolute atomic E-state index is 4.77. The standard InChI is InChI=1S/C17H20N6/c1-11(2)18-17-19-15-14-13(21-22-15)8-9-23(16(14)20-17)10-12-6-4-3-5-7-12/h3-7,11H,8-10H2,1-2H3,(H2,18,19,20,21,22). The Bertz CT molecular complexity index is 824. The van der Waals surface area contributed by atoms with Crippen LogP contribution in [-0.4, -0.2) is 32.8 Å². The molecule has 4 rings (SSSR count). The molecule has 1 aliphatic heterocycles. The van der Waals surface area contributed by atoms with Crippen molar-refractivity contribution in [3.8, 4) is 0 Å². The summed E-state index contributed by atoms with van der Waals surface area (Å²) < 4.78 is 0. The van der Waals surface area contributed by atoms with E-state index >= 15 is 0 Å². The number of nitrogens with zero attached hydrogens (tertiary/aromatic N) is 4. The van der Waals surface area contributed by atoms with Crippen LogP contribution in [-0.2, 0) is 13.0 Å². The van der Waals surface area contributed by atoms with Crippen LogP contribution >= 0.6 is 0 Å². The van der Waals surface area contributed by atoms with Gasteiger partial charge in [-0.2, -0.15) is 15.1 Å². The summed E-state index contributed by atoms with van der Waals surface area (Å²) in [6.07, 6.45) is 0.941. The lowest BCUT2D eigenvalue weighted by Crippen LogP contribution is -2.30. The zero-order chi connectivity index (χ0) is 15.8. The molecule has 0 amide bonds. The molecular weight excluding hydrogens is 288 g/mol. The normalized spacial score (nSPS) is 13.8. The Morgan fingerprint density at radius 1 is 1.22 bits per heavy atom. The molecule has 23 heavy (non-hydrogen) atoms. The van der Waals surface area contributed by atoms with Gasteiger partial charge in [0.05, 0.1) is 11.1 Å². The molecule has 2 N–H and O–H groups in total. The molecule has 1 aliphatic rings. The number of rotatable bonds is 4. The van der Waals surface area contributed by atoms with Crippen molar-refractivity contribution in [3.63, 3.8) is 0 Å². The number of nitrogens with one attached hydrogen (secondary N) is 2. The van der Waals surface area contributed by atoms with E-state index < -0.39 is 0 Å².